The molecular formula is C16H23N5O7S. The highest BCUT2D eigenvalue weighted by Crippen LogP contribution is 2.33. The molecule has 0 radical (unpaired) electrons. The Hall–Kier alpha value is -2.32. The predicted molar refractivity (Wildman–Crippen MR) is 102 cm³/mol. The lowest BCUT2D eigenvalue weighted by Crippen LogP contribution is -2.40. The second-order valence-corrected chi connectivity index (χ2v) is 7.85. The number of esters is 1. The third kappa shape index (κ3) is 3.91. The van der Waals surface area contributed by atoms with Crippen LogP contribution in [0.25, 0.3) is 10.3 Å². The Labute approximate surface area is 168 Å². The van der Waals surface area contributed by atoms with E-state index in [9.17, 15) is 24.9 Å². The molecule has 0 bridgehead atoms. The predicted octanol–water partition coefficient (Wildman–Crippen LogP) is -1.32. The lowest BCUT2D eigenvalue weighted by molar-refractivity contribution is -0.152. The molecule has 29 heavy (non-hydrogen) atoms. The molecule has 160 valence electrons. The number of fused-ring (bicyclic) bond motifs is 1. The number of carbonyl (C=O) groups excluding carboxylic acids is 1. The number of nitrogen functional groups attached to an aromatic ring is 1. The molecule has 1 fully saturated rings. The van der Waals surface area contributed by atoms with Crippen LogP contribution in [0.3, 0.4) is 0 Å². The molecule has 0 amide bonds. The quantitative estimate of drug-likeness (QED) is 0.341. The number of rotatable bonds is 6. The number of nitrogens with two attached hydrogens (primary N) is 2. The maximum atomic E-state index is 12.4. The third-order valence-electron chi connectivity index (χ3n) is 4.97. The second-order valence-electron chi connectivity index (χ2n) is 6.88. The molecule has 2 aromatic rings. The van der Waals surface area contributed by atoms with Gasteiger partial charge in [0.05, 0.1) is 0 Å². The highest BCUT2D eigenvalue weighted by Gasteiger charge is 2.46. The molecule has 1 aliphatic rings. The van der Waals surface area contributed by atoms with Gasteiger partial charge in [0.15, 0.2) is 11.9 Å². The number of hydrogen-bond donors (Lipinski definition) is 5. The topological polar surface area (TPSA) is 196 Å². The van der Waals surface area contributed by atoms with Gasteiger partial charge in [0.1, 0.15) is 35.7 Å². The van der Waals surface area contributed by atoms with E-state index >= 15 is 0 Å². The van der Waals surface area contributed by atoms with Crippen LogP contribution in [-0.2, 0) is 14.3 Å². The zero-order valence-electron chi connectivity index (χ0n) is 15.8. The molecular weight excluding hydrogens is 406 g/mol. The van der Waals surface area contributed by atoms with E-state index in [1.165, 1.54) is 0 Å². The Morgan fingerprint density at radius 1 is 1.38 bits per heavy atom. The fourth-order valence-electron chi connectivity index (χ4n) is 2.97. The SMILES string of the molecule is CCC(C)[C@H](N)C(=O)OC[C@H]1O[C@@H](n2c(=O)sc3c(O)nc(N)nc32)[C@H](O)[C@@H]1O. The second kappa shape index (κ2) is 8.20. The largest absolute Gasteiger partial charge is 0.492 e. The van der Waals surface area contributed by atoms with E-state index < -0.39 is 47.3 Å². The van der Waals surface area contributed by atoms with Gasteiger partial charge >= 0.3 is 10.8 Å². The molecule has 3 rings (SSSR count). The summed E-state index contributed by atoms with van der Waals surface area (Å²) in [5.74, 6) is -1.51. The van der Waals surface area contributed by atoms with E-state index in [4.69, 9.17) is 20.9 Å². The summed E-state index contributed by atoms with van der Waals surface area (Å²) >= 11 is 0.635. The highest BCUT2D eigenvalue weighted by molar-refractivity contribution is 7.16. The first-order valence-corrected chi connectivity index (χ1v) is 9.78. The maximum absolute atomic E-state index is 12.4. The lowest BCUT2D eigenvalue weighted by atomic mass is 10.0. The van der Waals surface area contributed by atoms with Crippen molar-refractivity contribution in [1.82, 2.24) is 14.5 Å². The van der Waals surface area contributed by atoms with Crippen molar-refractivity contribution in [2.24, 2.45) is 11.7 Å². The summed E-state index contributed by atoms with van der Waals surface area (Å²) in [7, 11) is 0. The minimum Gasteiger partial charge on any atom is -0.492 e. The Morgan fingerprint density at radius 2 is 2.07 bits per heavy atom. The zero-order valence-corrected chi connectivity index (χ0v) is 16.6. The number of aliphatic hydroxyl groups excluding tert-OH is 2. The Kier molecular flexibility index (Phi) is 6.05. The molecule has 0 saturated carbocycles. The Bertz CT molecular complexity index is 963. The van der Waals surface area contributed by atoms with Crippen molar-refractivity contribution < 1.29 is 29.6 Å². The molecule has 0 aliphatic carbocycles. The number of thiazole rings is 1. The van der Waals surface area contributed by atoms with Gasteiger partial charge in [0.25, 0.3) is 0 Å². The molecule has 13 heteroatoms. The Balaban J connectivity index is 1.80. The van der Waals surface area contributed by atoms with Gasteiger partial charge in [-0.3, -0.25) is 14.2 Å². The van der Waals surface area contributed by atoms with Crippen LogP contribution in [0.15, 0.2) is 4.79 Å². The van der Waals surface area contributed by atoms with Crippen LogP contribution >= 0.6 is 11.3 Å². The molecule has 0 aromatic carbocycles. The van der Waals surface area contributed by atoms with Gasteiger partial charge in [-0.05, 0) is 5.92 Å². The number of aromatic hydroxyl groups is 1. The van der Waals surface area contributed by atoms with E-state index in [2.05, 4.69) is 9.97 Å². The Morgan fingerprint density at radius 3 is 2.72 bits per heavy atom. The molecule has 0 spiro atoms. The van der Waals surface area contributed by atoms with Gasteiger partial charge in [-0.2, -0.15) is 9.97 Å². The van der Waals surface area contributed by atoms with Gasteiger partial charge in [-0.15, -0.1) is 0 Å². The van der Waals surface area contributed by atoms with Gasteiger partial charge in [0, 0.05) is 0 Å². The fraction of sp³-hybridized carbons (Fsp3) is 0.625. The normalized spacial score (nSPS) is 26.5. The van der Waals surface area contributed by atoms with Crippen LogP contribution < -0.4 is 16.3 Å². The summed E-state index contributed by atoms with van der Waals surface area (Å²) in [4.78, 5) is 31.3. The first-order chi connectivity index (χ1) is 13.6. The van der Waals surface area contributed by atoms with E-state index in [-0.39, 0.29) is 28.8 Å². The van der Waals surface area contributed by atoms with Crippen molar-refractivity contribution >= 4 is 33.6 Å². The number of aromatic nitrogens is 3. The van der Waals surface area contributed by atoms with Crippen molar-refractivity contribution in [2.45, 2.75) is 50.8 Å². The fourth-order valence-corrected chi connectivity index (χ4v) is 3.81. The number of carbonyl (C=O) groups is 1. The van der Waals surface area contributed by atoms with E-state index in [0.717, 1.165) is 4.57 Å². The molecule has 1 unspecified atom stereocenters. The van der Waals surface area contributed by atoms with Crippen LogP contribution in [0, 0.1) is 5.92 Å². The molecule has 1 aliphatic heterocycles. The van der Waals surface area contributed by atoms with Crippen LogP contribution in [0.4, 0.5) is 5.95 Å². The standard InChI is InChI=1S/C16H23N5O7S/c1-3-5(2)7(17)14(25)27-4-6-8(22)9(23)13(28-6)21-11-10(29-16(21)26)12(24)20-15(18)19-11/h5-9,13,22-23H,3-4,17H2,1-2H3,(H3,18,19,20,24)/t5?,6-,7+,8-,9-,13-/m1/s1. The third-order valence-corrected chi connectivity index (χ3v) is 5.91. The minimum absolute atomic E-state index is 0.0438. The number of aliphatic hydroxyl groups is 2. The van der Waals surface area contributed by atoms with Crippen LogP contribution in [0.1, 0.15) is 26.5 Å². The van der Waals surface area contributed by atoms with Gasteiger partial charge in [-0.25, -0.2) is 0 Å². The van der Waals surface area contributed by atoms with Gasteiger partial charge in [0.2, 0.25) is 11.8 Å². The number of anilines is 1. The van der Waals surface area contributed by atoms with Crippen LogP contribution in [0.5, 0.6) is 5.88 Å². The minimum atomic E-state index is -1.52. The monoisotopic (exact) mass is 429 g/mol. The molecule has 3 heterocycles. The van der Waals surface area contributed by atoms with E-state index in [1.54, 1.807) is 0 Å². The number of ether oxygens (including phenoxy) is 2. The smallest absolute Gasteiger partial charge is 0.323 e. The molecule has 6 atom stereocenters. The van der Waals surface area contributed by atoms with Gasteiger partial charge in [-0.1, -0.05) is 31.6 Å². The number of nitrogens with zero attached hydrogens (tertiary/aromatic N) is 3. The molecule has 1 saturated heterocycles. The van der Waals surface area contributed by atoms with Crippen LogP contribution in [-0.4, -0.2) is 66.8 Å². The molecule has 2 aromatic heterocycles. The molecule has 12 nitrogen and oxygen atoms in total. The summed E-state index contributed by atoms with van der Waals surface area (Å²) in [6.07, 6.45) is -4.70. The lowest BCUT2D eigenvalue weighted by Gasteiger charge is -2.19. The summed E-state index contributed by atoms with van der Waals surface area (Å²) in [6, 6.07) is -0.828. The average molecular weight is 429 g/mol. The maximum Gasteiger partial charge on any atom is 0.323 e. The summed E-state index contributed by atoms with van der Waals surface area (Å²) < 4.78 is 11.7. The highest BCUT2D eigenvalue weighted by atomic mass is 32.1. The van der Waals surface area contributed by atoms with Crippen molar-refractivity contribution in [1.29, 1.82) is 0 Å². The van der Waals surface area contributed by atoms with Crippen molar-refractivity contribution in [3.8, 4) is 5.88 Å². The average Bonchev–Trinajstić information content (AvgIpc) is 3.15. The van der Waals surface area contributed by atoms with Crippen molar-refractivity contribution in [3.63, 3.8) is 0 Å². The first kappa shape index (κ1) is 21.4. The van der Waals surface area contributed by atoms with Crippen LogP contribution in [0.2, 0.25) is 0 Å². The first-order valence-electron chi connectivity index (χ1n) is 8.97. The van der Waals surface area contributed by atoms with Gasteiger partial charge < -0.3 is 36.3 Å². The summed E-state index contributed by atoms with van der Waals surface area (Å²) in [6.45, 7) is 3.33. The summed E-state index contributed by atoms with van der Waals surface area (Å²) in [5, 5.41) is 30.5. The summed E-state index contributed by atoms with van der Waals surface area (Å²) in [5.41, 5.74) is 11.3. The van der Waals surface area contributed by atoms with Crippen molar-refractivity contribution in [2.75, 3.05) is 12.3 Å². The van der Waals surface area contributed by atoms with E-state index in [0.29, 0.717) is 17.8 Å². The number of hydrogen-bond acceptors (Lipinski definition) is 12. The zero-order chi connectivity index (χ0) is 21.5. The van der Waals surface area contributed by atoms with Crippen molar-refractivity contribution in [3.05, 3.63) is 9.67 Å². The molecule has 7 N–H and O–H groups in total. The van der Waals surface area contributed by atoms with E-state index in [1.807, 2.05) is 13.8 Å².